The van der Waals surface area contributed by atoms with Gasteiger partial charge in [0.2, 0.25) is 10.0 Å². The van der Waals surface area contributed by atoms with Crippen LogP contribution in [0.3, 0.4) is 0 Å². The molecule has 0 amide bonds. The van der Waals surface area contributed by atoms with E-state index in [9.17, 15) is 13.2 Å². The van der Waals surface area contributed by atoms with Crippen LogP contribution in [0.4, 0.5) is 0 Å². The molecule has 0 aliphatic carbocycles. The van der Waals surface area contributed by atoms with Gasteiger partial charge in [0.05, 0.1) is 12.0 Å². The fraction of sp³-hybridized carbons (Fsp3) is 0.278. The van der Waals surface area contributed by atoms with Crippen LogP contribution in [0.15, 0.2) is 59.5 Å². The minimum Gasteiger partial charge on any atom is -0.468 e. The highest BCUT2D eigenvalue weighted by atomic mass is 32.2. The summed E-state index contributed by atoms with van der Waals surface area (Å²) < 4.78 is 32.2. The highest BCUT2D eigenvalue weighted by Crippen LogP contribution is 2.13. The Balaban J connectivity index is 2.22. The largest absolute Gasteiger partial charge is 0.468 e. The van der Waals surface area contributed by atoms with Gasteiger partial charge in [0.1, 0.15) is 6.04 Å². The number of esters is 1. The van der Waals surface area contributed by atoms with Gasteiger partial charge in [-0.1, -0.05) is 49.4 Å². The number of sulfonamides is 1. The molecule has 0 saturated carbocycles. The van der Waals surface area contributed by atoms with E-state index >= 15 is 0 Å². The normalized spacial score (nSPS) is 12.6. The smallest absolute Gasteiger partial charge is 0.324 e. The van der Waals surface area contributed by atoms with Gasteiger partial charge in [-0.2, -0.15) is 4.72 Å². The first-order valence-electron chi connectivity index (χ1n) is 7.69. The van der Waals surface area contributed by atoms with Gasteiger partial charge in [0.25, 0.3) is 0 Å². The number of rotatable bonds is 7. The van der Waals surface area contributed by atoms with Crippen LogP contribution < -0.4 is 4.72 Å². The van der Waals surface area contributed by atoms with Crippen molar-refractivity contribution in [1.82, 2.24) is 4.72 Å². The number of ether oxygens (including phenoxy) is 1. The molecule has 0 spiro atoms. The maximum absolute atomic E-state index is 12.5. The van der Waals surface area contributed by atoms with Gasteiger partial charge in [-0.05, 0) is 36.1 Å². The molecule has 0 aliphatic heterocycles. The maximum Gasteiger partial charge on any atom is 0.324 e. The van der Waals surface area contributed by atoms with Crippen LogP contribution in [0.2, 0.25) is 0 Å². The van der Waals surface area contributed by atoms with Gasteiger partial charge < -0.3 is 4.74 Å². The Morgan fingerprint density at radius 2 is 1.67 bits per heavy atom. The Hall–Kier alpha value is -2.18. The highest BCUT2D eigenvalue weighted by Gasteiger charge is 2.26. The van der Waals surface area contributed by atoms with Gasteiger partial charge in [-0.3, -0.25) is 4.79 Å². The highest BCUT2D eigenvalue weighted by molar-refractivity contribution is 7.89. The molecule has 2 aromatic rings. The fourth-order valence-electron chi connectivity index (χ4n) is 2.32. The number of methoxy groups -OCH3 is 1. The average Bonchev–Trinajstić information content (AvgIpc) is 2.61. The molecule has 6 heteroatoms. The Morgan fingerprint density at radius 3 is 2.21 bits per heavy atom. The first-order chi connectivity index (χ1) is 11.5. The van der Waals surface area contributed by atoms with E-state index in [4.69, 9.17) is 4.74 Å². The number of hydrogen-bond donors (Lipinski definition) is 1. The maximum atomic E-state index is 12.5. The molecule has 0 fully saturated rings. The zero-order valence-electron chi connectivity index (χ0n) is 13.7. The predicted molar refractivity (Wildman–Crippen MR) is 92.1 cm³/mol. The Morgan fingerprint density at radius 1 is 1.04 bits per heavy atom. The molecule has 2 aromatic carbocycles. The van der Waals surface area contributed by atoms with Crippen molar-refractivity contribution in [2.75, 3.05) is 7.11 Å². The lowest BCUT2D eigenvalue weighted by atomic mass is 10.1. The minimum atomic E-state index is -3.81. The lowest BCUT2D eigenvalue weighted by Gasteiger charge is -2.17. The van der Waals surface area contributed by atoms with Crippen LogP contribution in [0, 0.1) is 0 Å². The fourth-order valence-corrected chi connectivity index (χ4v) is 3.51. The van der Waals surface area contributed by atoms with Crippen molar-refractivity contribution >= 4 is 16.0 Å². The van der Waals surface area contributed by atoms with E-state index < -0.39 is 22.0 Å². The standard InChI is InChI=1S/C18H21NO4S/c1-3-14-9-11-16(12-10-14)24(21,22)19-17(18(20)23-2)13-15-7-5-4-6-8-15/h4-12,17,19H,3,13H2,1-2H3. The van der Waals surface area contributed by atoms with Crippen LogP contribution in [-0.2, 0) is 32.4 Å². The Kier molecular flexibility index (Phi) is 6.11. The van der Waals surface area contributed by atoms with Crippen molar-refractivity contribution in [2.24, 2.45) is 0 Å². The average molecular weight is 347 g/mol. The molecule has 2 rings (SSSR count). The monoisotopic (exact) mass is 347 g/mol. The summed E-state index contributed by atoms with van der Waals surface area (Å²) in [5.74, 6) is -0.618. The molecule has 24 heavy (non-hydrogen) atoms. The summed E-state index contributed by atoms with van der Waals surface area (Å²) in [4.78, 5) is 12.1. The molecule has 1 atom stereocenters. The van der Waals surface area contributed by atoms with Crippen molar-refractivity contribution in [3.05, 3.63) is 65.7 Å². The number of benzene rings is 2. The third kappa shape index (κ3) is 4.66. The number of carbonyl (C=O) groups excluding carboxylic acids is 1. The molecule has 0 aromatic heterocycles. The summed E-state index contributed by atoms with van der Waals surface area (Å²) in [6.45, 7) is 1.99. The van der Waals surface area contributed by atoms with Crippen molar-refractivity contribution in [1.29, 1.82) is 0 Å². The molecular weight excluding hydrogens is 326 g/mol. The van der Waals surface area contributed by atoms with Crippen LogP contribution in [0.1, 0.15) is 18.1 Å². The molecule has 1 N–H and O–H groups in total. The lowest BCUT2D eigenvalue weighted by Crippen LogP contribution is -2.42. The van der Waals surface area contributed by atoms with E-state index in [1.54, 1.807) is 12.1 Å². The van der Waals surface area contributed by atoms with E-state index in [0.29, 0.717) is 0 Å². The van der Waals surface area contributed by atoms with Crippen LogP contribution in [0.5, 0.6) is 0 Å². The molecule has 0 saturated heterocycles. The van der Waals surface area contributed by atoms with E-state index in [0.717, 1.165) is 17.5 Å². The zero-order chi connectivity index (χ0) is 17.6. The van der Waals surface area contributed by atoms with Gasteiger partial charge in [0.15, 0.2) is 0 Å². The van der Waals surface area contributed by atoms with Crippen LogP contribution >= 0.6 is 0 Å². The van der Waals surface area contributed by atoms with Gasteiger partial charge in [-0.15, -0.1) is 0 Å². The summed E-state index contributed by atoms with van der Waals surface area (Å²) in [6, 6.07) is 14.8. The quantitative estimate of drug-likeness (QED) is 0.780. The van der Waals surface area contributed by atoms with E-state index in [1.165, 1.54) is 19.2 Å². The van der Waals surface area contributed by atoms with E-state index in [2.05, 4.69) is 4.72 Å². The van der Waals surface area contributed by atoms with Crippen LogP contribution in [-0.4, -0.2) is 27.5 Å². The van der Waals surface area contributed by atoms with Crippen molar-refractivity contribution < 1.29 is 17.9 Å². The SMILES string of the molecule is CCc1ccc(S(=O)(=O)NC(Cc2ccccc2)C(=O)OC)cc1. The van der Waals surface area contributed by atoms with Crippen molar-refractivity contribution in [3.8, 4) is 0 Å². The molecule has 5 nitrogen and oxygen atoms in total. The van der Waals surface area contributed by atoms with E-state index in [-0.39, 0.29) is 11.3 Å². The second-order valence-corrected chi connectivity index (χ2v) is 7.10. The first kappa shape index (κ1) is 18.2. The predicted octanol–water partition coefficient (Wildman–Crippen LogP) is 2.31. The van der Waals surface area contributed by atoms with Gasteiger partial charge in [-0.25, -0.2) is 8.42 Å². The molecule has 128 valence electrons. The minimum absolute atomic E-state index is 0.127. The molecule has 0 aliphatic rings. The summed E-state index contributed by atoms with van der Waals surface area (Å²) in [5, 5.41) is 0. The van der Waals surface area contributed by atoms with Crippen LogP contribution in [0.25, 0.3) is 0 Å². The number of hydrogen-bond acceptors (Lipinski definition) is 4. The number of nitrogens with one attached hydrogen (secondary N) is 1. The first-order valence-corrected chi connectivity index (χ1v) is 9.17. The summed E-state index contributed by atoms with van der Waals surface area (Å²) in [6.07, 6.45) is 1.05. The van der Waals surface area contributed by atoms with Crippen molar-refractivity contribution in [2.45, 2.75) is 30.7 Å². The molecular formula is C18H21NO4S. The number of aryl methyl sites for hydroxylation is 1. The molecule has 0 radical (unpaired) electrons. The topological polar surface area (TPSA) is 72.5 Å². The third-order valence-electron chi connectivity index (χ3n) is 3.71. The number of carbonyl (C=O) groups is 1. The van der Waals surface area contributed by atoms with Crippen molar-refractivity contribution in [3.63, 3.8) is 0 Å². The molecule has 0 bridgehead atoms. The molecule has 1 unspecified atom stereocenters. The summed E-state index contributed by atoms with van der Waals surface area (Å²) in [5.41, 5.74) is 1.89. The Labute approximate surface area is 142 Å². The summed E-state index contributed by atoms with van der Waals surface area (Å²) in [7, 11) is -2.57. The summed E-state index contributed by atoms with van der Waals surface area (Å²) >= 11 is 0. The molecule has 0 heterocycles. The van der Waals surface area contributed by atoms with Gasteiger partial charge >= 0.3 is 5.97 Å². The lowest BCUT2D eigenvalue weighted by molar-refractivity contribution is -0.142. The Bertz CT molecular complexity index is 770. The van der Waals surface area contributed by atoms with E-state index in [1.807, 2.05) is 37.3 Å². The second-order valence-electron chi connectivity index (χ2n) is 5.38. The van der Waals surface area contributed by atoms with Gasteiger partial charge in [0, 0.05) is 0 Å². The second kappa shape index (κ2) is 8.08. The third-order valence-corrected chi connectivity index (χ3v) is 5.20. The zero-order valence-corrected chi connectivity index (χ0v) is 14.5.